The molecular weight excluding hydrogens is 649 g/mol. The van der Waals surface area contributed by atoms with E-state index in [1.54, 1.807) is 4.90 Å². The quantitative estimate of drug-likeness (QED) is 0.0985. The van der Waals surface area contributed by atoms with E-state index in [9.17, 15) is 10.2 Å². The second-order valence-corrected chi connectivity index (χ2v) is 15.4. The molecule has 6 aromatic rings. The van der Waals surface area contributed by atoms with Crippen LogP contribution in [0.5, 0.6) is 0 Å². The van der Waals surface area contributed by atoms with Crippen molar-refractivity contribution < 1.29 is 10.2 Å². The SMILES string of the molecule is CC(C)(C)c1ccc(N2CC(O)=C(c3nc4ccc(CC(C)(C)c5ccccc5N5CC(O)=C(c6nc7ccccc7[nH]6)C5=N)cc4[nH]3)C2=N)cc1. The van der Waals surface area contributed by atoms with Gasteiger partial charge in [0.05, 0.1) is 46.3 Å². The molecule has 0 bridgehead atoms. The fourth-order valence-corrected chi connectivity index (χ4v) is 7.47. The third-order valence-corrected chi connectivity index (χ3v) is 10.2. The Labute approximate surface area is 302 Å². The minimum atomic E-state index is -0.359. The lowest BCUT2D eigenvalue weighted by Gasteiger charge is -2.31. The molecule has 2 aliphatic rings. The molecule has 4 aromatic carbocycles. The number of aromatic nitrogens is 4. The summed E-state index contributed by atoms with van der Waals surface area (Å²) in [6, 6.07) is 30.0. The molecule has 2 aromatic heterocycles. The van der Waals surface area contributed by atoms with Gasteiger partial charge < -0.3 is 30.0 Å². The van der Waals surface area contributed by atoms with Crippen molar-refractivity contribution in [2.45, 2.75) is 51.9 Å². The zero-order valence-electron chi connectivity index (χ0n) is 30.0. The lowest BCUT2D eigenvalue weighted by molar-refractivity contribution is 0.410. The number of amidine groups is 2. The molecule has 6 N–H and O–H groups in total. The Morgan fingerprint density at radius 2 is 1.25 bits per heavy atom. The van der Waals surface area contributed by atoms with Crippen LogP contribution in [0.1, 0.15) is 63.0 Å². The number of nitrogens with zero attached hydrogens (tertiary/aromatic N) is 4. The van der Waals surface area contributed by atoms with E-state index in [0.29, 0.717) is 29.2 Å². The molecule has 0 amide bonds. The van der Waals surface area contributed by atoms with E-state index >= 15 is 0 Å². The molecule has 4 heterocycles. The summed E-state index contributed by atoms with van der Waals surface area (Å²) in [5, 5.41) is 40.3. The predicted octanol–water partition coefficient (Wildman–Crippen LogP) is 8.79. The fourth-order valence-electron chi connectivity index (χ4n) is 7.47. The van der Waals surface area contributed by atoms with E-state index in [1.807, 2.05) is 65.6 Å². The van der Waals surface area contributed by atoms with E-state index in [1.165, 1.54) is 5.56 Å². The van der Waals surface area contributed by atoms with Crippen LogP contribution in [0.4, 0.5) is 11.4 Å². The number of benzene rings is 4. The highest BCUT2D eigenvalue weighted by Crippen LogP contribution is 2.40. The van der Waals surface area contributed by atoms with Crippen molar-refractivity contribution in [2.75, 3.05) is 22.9 Å². The first-order valence-corrected chi connectivity index (χ1v) is 17.5. The highest BCUT2D eigenvalue weighted by atomic mass is 16.3. The number of aliphatic hydroxyl groups is 2. The Hall–Kier alpha value is -6.16. The first kappa shape index (κ1) is 33.0. The van der Waals surface area contributed by atoms with Gasteiger partial charge in [-0.2, -0.15) is 0 Å². The van der Waals surface area contributed by atoms with Crippen LogP contribution in [0.15, 0.2) is 103 Å². The van der Waals surface area contributed by atoms with Crippen LogP contribution >= 0.6 is 0 Å². The molecule has 0 fully saturated rings. The molecule has 52 heavy (non-hydrogen) atoms. The van der Waals surface area contributed by atoms with Crippen LogP contribution in [-0.2, 0) is 17.3 Å². The minimum Gasteiger partial charge on any atom is -0.509 e. The van der Waals surface area contributed by atoms with Crippen LogP contribution in [0.25, 0.3) is 33.2 Å². The van der Waals surface area contributed by atoms with Crippen LogP contribution < -0.4 is 9.80 Å². The molecule has 10 nitrogen and oxygen atoms in total. The summed E-state index contributed by atoms with van der Waals surface area (Å²) >= 11 is 0. The number of aromatic amines is 2. The monoisotopic (exact) mass is 690 g/mol. The third-order valence-electron chi connectivity index (χ3n) is 10.2. The molecular formula is C42H42N8O2. The summed E-state index contributed by atoms with van der Waals surface area (Å²) in [6.45, 7) is 11.3. The second kappa shape index (κ2) is 12.0. The van der Waals surface area contributed by atoms with Gasteiger partial charge in [0.25, 0.3) is 0 Å². The summed E-state index contributed by atoms with van der Waals surface area (Å²) in [4.78, 5) is 19.7. The van der Waals surface area contributed by atoms with Gasteiger partial charge in [0.15, 0.2) is 0 Å². The van der Waals surface area contributed by atoms with E-state index in [-0.39, 0.29) is 47.1 Å². The van der Waals surface area contributed by atoms with Crippen LogP contribution in [0.3, 0.4) is 0 Å². The molecule has 2 aliphatic heterocycles. The molecule has 0 saturated carbocycles. The topological polar surface area (TPSA) is 152 Å². The van der Waals surface area contributed by atoms with Crippen LogP contribution in [0, 0.1) is 10.8 Å². The summed E-state index contributed by atoms with van der Waals surface area (Å²) in [6.07, 6.45) is 0.688. The summed E-state index contributed by atoms with van der Waals surface area (Å²) in [7, 11) is 0. The van der Waals surface area contributed by atoms with Gasteiger partial charge in [-0.25, -0.2) is 9.97 Å². The number of anilines is 2. The number of rotatable bonds is 7. The molecule has 262 valence electrons. The number of fused-ring (bicyclic) bond motifs is 2. The zero-order valence-corrected chi connectivity index (χ0v) is 30.0. The van der Waals surface area contributed by atoms with Crippen LogP contribution in [0.2, 0.25) is 0 Å². The van der Waals surface area contributed by atoms with Gasteiger partial charge in [0.1, 0.15) is 34.8 Å². The van der Waals surface area contributed by atoms with E-state index in [4.69, 9.17) is 15.8 Å². The standard InChI is InChI=1S/C42H42N8O2/c1-41(2,3)25-15-17-26(18-16-25)49-22-33(51)35(37(49)43)40-47-30-19-14-24(20-31(30)48-40)21-42(4,5)27-10-6-9-13-32(27)50-23-34(52)36(38(50)44)39-45-28-11-7-8-12-29(28)46-39/h6-20,43-44,51-52H,21-23H2,1-5H3,(H,45,46)(H,47,48). The van der Waals surface area contributed by atoms with Crippen molar-refractivity contribution in [2.24, 2.45) is 0 Å². The average molecular weight is 691 g/mol. The molecule has 0 aliphatic carbocycles. The van der Waals surface area contributed by atoms with Crippen molar-refractivity contribution in [1.82, 2.24) is 19.9 Å². The smallest absolute Gasteiger partial charge is 0.145 e. The predicted molar refractivity (Wildman–Crippen MR) is 210 cm³/mol. The van der Waals surface area contributed by atoms with Gasteiger partial charge in [0.2, 0.25) is 0 Å². The normalized spacial score (nSPS) is 15.7. The lowest BCUT2D eigenvalue weighted by atomic mass is 9.78. The van der Waals surface area contributed by atoms with E-state index in [2.05, 4.69) is 79.9 Å². The van der Waals surface area contributed by atoms with E-state index < -0.39 is 0 Å². The lowest BCUT2D eigenvalue weighted by Crippen LogP contribution is -2.31. The molecule has 0 atom stereocenters. The summed E-state index contributed by atoms with van der Waals surface area (Å²) < 4.78 is 0. The van der Waals surface area contributed by atoms with Gasteiger partial charge >= 0.3 is 0 Å². The van der Waals surface area contributed by atoms with Gasteiger partial charge in [0, 0.05) is 11.4 Å². The number of aliphatic hydroxyl groups excluding tert-OH is 2. The second-order valence-electron chi connectivity index (χ2n) is 15.4. The largest absolute Gasteiger partial charge is 0.509 e. The molecule has 8 rings (SSSR count). The van der Waals surface area contributed by atoms with E-state index in [0.717, 1.165) is 44.6 Å². The summed E-state index contributed by atoms with van der Waals surface area (Å²) in [5.41, 5.74) is 8.74. The highest BCUT2D eigenvalue weighted by molar-refractivity contribution is 6.31. The van der Waals surface area contributed by atoms with Crippen molar-refractivity contribution in [3.63, 3.8) is 0 Å². The Balaban J connectivity index is 1.03. The van der Waals surface area contributed by atoms with Gasteiger partial charge in [-0.15, -0.1) is 0 Å². The zero-order chi connectivity index (χ0) is 36.5. The first-order valence-electron chi connectivity index (χ1n) is 17.5. The van der Waals surface area contributed by atoms with Gasteiger partial charge in [-0.05, 0) is 76.4 Å². The van der Waals surface area contributed by atoms with Crippen molar-refractivity contribution in [1.29, 1.82) is 10.8 Å². The Bertz CT molecular complexity index is 2440. The van der Waals surface area contributed by atoms with Gasteiger partial charge in [-0.3, -0.25) is 10.8 Å². The number of hydrogen-bond acceptors (Lipinski definition) is 6. The Kier molecular flexibility index (Phi) is 7.60. The fraction of sp³-hybridized carbons (Fsp3) is 0.238. The minimum absolute atomic E-state index is 0.0226. The van der Waals surface area contributed by atoms with Crippen molar-refractivity contribution in [3.05, 3.63) is 131 Å². The highest BCUT2D eigenvalue weighted by Gasteiger charge is 2.35. The van der Waals surface area contributed by atoms with Crippen molar-refractivity contribution in [3.8, 4) is 0 Å². The maximum absolute atomic E-state index is 11.1. The Morgan fingerprint density at radius 3 is 1.92 bits per heavy atom. The number of hydrogen-bond donors (Lipinski definition) is 6. The average Bonchev–Trinajstić information content (AvgIpc) is 3.86. The van der Waals surface area contributed by atoms with Gasteiger partial charge in [-0.1, -0.05) is 83.1 Å². The maximum atomic E-state index is 11.1. The summed E-state index contributed by atoms with van der Waals surface area (Å²) in [5.74, 6) is 1.56. The first-order chi connectivity index (χ1) is 24.8. The molecule has 0 unspecified atom stereocenters. The van der Waals surface area contributed by atoms with Crippen LogP contribution in [-0.4, -0.2) is 54.9 Å². The molecule has 0 radical (unpaired) electrons. The number of para-hydroxylation sites is 3. The van der Waals surface area contributed by atoms with Crippen molar-refractivity contribution >= 4 is 56.3 Å². The number of nitrogens with one attached hydrogen (secondary N) is 4. The molecule has 0 saturated heterocycles. The maximum Gasteiger partial charge on any atom is 0.145 e. The third kappa shape index (κ3) is 5.60. The molecule has 0 spiro atoms. The Morgan fingerprint density at radius 1 is 0.673 bits per heavy atom. The number of imidazole rings is 2. The molecule has 10 heteroatoms. The number of H-pyrrole nitrogens is 2.